The van der Waals surface area contributed by atoms with Crippen LogP contribution in [0.1, 0.15) is 15.9 Å². The van der Waals surface area contributed by atoms with Gasteiger partial charge in [0.15, 0.2) is 5.58 Å². The van der Waals surface area contributed by atoms with Gasteiger partial charge in [-0.1, -0.05) is 60.7 Å². The van der Waals surface area contributed by atoms with E-state index in [0.29, 0.717) is 17.1 Å². The summed E-state index contributed by atoms with van der Waals surface area (Å²) in [5, 5.41) is 3.00. The van der Waals surface area contributed by atoms with Crippen molar-refractivity contribution in [3.05, 3.63) is 108 Å². The van der Waals surface area contributed by atoms with Gasteiger partial charge in [0.25, 0.3) is 5.91 Å². The highest BCUT2D eigenvalue weighted by Crippen LogP contribution is 2.31. The first kappa shape index (κ1) is 18.8. The highest BCUT2D eigenvalue weighted by Gasteiger charge is 2.15. The third kappa shape index (κ3) is 3.83. The lowest BCUT2D eigenvalue weighted by atomic mass is 10.0. The first-order chi connectivity index (χ1) is 15.2. The first-order valence-electron chi connectivity index (χ1n) is 10.1. The Morgan fingerprint density at radius 3 is 2.32 bits per heavy atom. The smallest absolute Gasteiger partial charge is 0.255 e. The molecule has 0 aliphatic carbocycles. The Hall–Kier alpha value is -4.18. The van der Waals surface area contributed by atoms with Crippen molar-refractivity contribution in [1.82, 2.24) is 4.98 Å². The maximum Gasteiger partial charge on any atom is 0.255 e. The van der Waals surface area contributed by atoms with Gasteiger partial charge in [-0.15, -0.1) is 0 Å². The van der Waals surface area contributed by atoms with Crippen LogP contribution in [0.4, 0.5) is 5.69 Å². The summed E-state index contributed by atoms with van der Waals surface area (Å²) in [4.78, 5) is 17.5. The first-order valence-corrected chi connectivity index (χ1v) is 10.1. The number of carbonyl (C=O) groups is 1. The number of aryl methyl sites for hydroxylation is 1. The van der Waals surface area contributed by atoms with Crippen LogP contribution >= 0.6 is 0 Å². The number of nitrogens with one attached hydrogen (secondary N) is 1. The van der Waals surface area contributed by atoms with E-state index in [1.165, 1.54) is 0 Å². The van der Waals surface area contributed by atoms with Gasteiger partial charge in [0.1, 0.15) is 5.52 Å². The summed E-state index contributed by atoms with van der Waals surface area (Å²) in [6.07, 6.45) is 0. The number of rotatable bonds is 4. The number of hydrogen-bond acceptors (Lipinski definition) is 3. The van der Waals surface area contributed by atoms with Gasteiger partial charge in [0.2, 0.25) is 5.89 Å². The molecule has 1 N–H and O–H groups in total. The molecule has 1 aromatic heterocycles. The zero-order valence-corrected chi connectivity index (χ0v) is 17.0. The fourth-order valence-corrected chi connectivity index (χ4v) is 3.57. The Bertz CT molecular complexity index is 1370. The number of para-hydroxylation sites is 1. The Morgan fingerprint density at radius 2 is 1.52 bits per heavy atom. The number of benzene rings is 4. The van der Waals surface area contributed by atoms with Crippen LogP contribution in [0, 0.1) is 6.92 Å². The summed E-state index contributed by atoms with van der Waals surface area (Å²) < 4.78 is 5.94. The van der Waals surface area contributed by atoms with E-state index < -0.39 is 0 Å². The highest BCUT2D eigenvalue weighted by molar-refractivity contribution is 6.06. The molecule has 0 saturated heterocycles. The van der Waals surface area contributed by atoms with Crippen molar-refractivity contribution in [2.45, 2.75) is 6.92 Å². The molecule has 150 valence electrons. The number of nitrogens with zero attached hydrogens (tertiary/aromatic N) is 1. The van der Waals surface area contributed by atoms with E-state index in [9.17, 15) is 4.79 Å². The molecule has 1 amide bonds. The second kappa shape index (κ2) is 7.92. The summed E-state index contributed by atoms with van der Waals surface area (Å²) in [5.41, 5.74) is 6.81. The topological polar surface area (TPSA) is 55.1 Å². The van der Waals surface area contributed by atoms with Gasteiger partial charge in [-0.05, 0) is 60.0 Å². The summed E-state index contributed by atoms with van der Waals surface area (Å²) in [6, 6.07) is 31.1. The third-order valence-electron chi connectivity index (χ3n) is 5.20. The summed E-state index contributed by atoms with van der Waals surface area (Å²) in [6.45, 7) is 2.02. The molecule has 0 saturated carbocycles. The number of aromatic nitrogens is 1. The molecule has 0 atom stereocenters. The SMILES string of the molecule is Cc1ccc2oc(-c3ccccc3NC(=O)c3ccc(-c4ccccc4)cc3)nc2c1. The molecule has 0 aliphatic rings. The van der Waals surface area contributed by atoms with E-state index in [2.05, 4.69) is 10.3 Å². The molecule has 4 heteroatoms. The molecule has 0 bridgehead atoms. The fourth-order valence-electron chi connectivity index (χ4n) is 3.57. The van der Waals surface area contributed by atoms with Crippen molar-refractivity contribution in [2.75, 3.05) is 5.32 Å². The fraction of sp³-hybridized carbons (Fsp3) is 0.0370. The van der Waals surface area contributed by atoms with Crippen LogP contribution in [0.25, 0.3) is 33.7 Å². The molecule has 5 aromatic rings. The van der Waals surface area contributed by atoms with Gasteiger partial charge in [-0.3, -0.25) is 4.79 Å². The molecule has 0 fully saturated rings. The van der Waals surface area contributed by atoms with E-state index >= 15 is 0 Å². The van der Waals surface area contributed by atoms with Gasteiger partial charge in [0.05, 0.1) is 11.3 Å². The molecule has 4 aromatic carbocycles. The summed E-state index contributed by atoms with van der Waals surface area (Å²) in [5.74, 6) is 0.301. The van der Waals surface area contributed by atoms with Gasteiger partial charge in [-0.2, -0.15) is 0 Å². The van der Waals surface area contributed by atoms with Crippen LogP contribution in [-0.4, -0.2) is 10.9 Å². The van der Waals surface area contributed by atoms with Crippen LogP contribution in [0.15, 0.2) is 101 Å². The Kier molecular flexibility index (Phi) is 4.81. The molecule has 4 nitrogen and oxygen atoms in total. The lowest BCUT2D eigenvalue weighted by molar-refractivity contribution is 0.102. The molecular formula is C27H20N2O2. The summed E-state index contributed by atoms with van der Waals surface area (Å²) in [7, 11) is 0. The zero-order chi connectivity index (χ0) is 21.2. The van der Waals surface area contributed by atoms with Crippen molar-refractivity contribution in [3.63, 3.8) is 0 Å². The number of fused-ring (bicyclic) bond motifs is 1. The average Bonchev–Trinajstić information content (AvgIpc) is 3.23. The van der Waals surface area contributed by atoms with Crippen LogP contribution in [-0.2, 0) is 0 Å². The largest absolute Gasteiger partial charge is 0.436 e. The van der Waals surface area contributed by atoms with E-state index in [0.717, 1.165) is 33.4 Å². The second-order valence-electron chi connectivity index (χ2n) is 7.43. The molecule has 0 aliphatic heterocycles. The van der Waals surface area contributed by atoms with E-state index in [4.69, 9.17) is 4.42 Å². The van der Waals surface area contributed by atoms with E-state index in [-0.39, 0.29) is 5.91 Å². The van der Waals surface area contributed by atoms with Crippen LogP contribution in [0.2, 0.25) is 0 Å². The van der Waals surface area contributed by atoms with Crippen molar-refractivity contribution < 1.29 is 9.21 Å². The normalized spacial score (nSPS) is 10.9. The minimum Gasteiger partial charge on any atom is -0.436 e. The summed E-state index contributed by atoms with van der Waals surface area (Å²) >= 11 is 0. The second-order valence-corrected chi connectivity index (χ2v) is 7.43. The Morgan fingerprint density at radius 1 is 0.806 bits per heavy atom. The lowest BCUT2D eigenvalue weighted by Crippen LogP contribution is -2.12. The lowest BCUT2D eigenvalue weighted by Gasteiger charge is -2.09. The Labute approximate surface area is 180 Å². The van der Waals surface area contributed by atoms with Crippen molar-refractivity contribution in [2.24, 2.45) is 0 Å². The molecule has 0 radical (unpaired) electrons. The quantitative estimate of drug-likeness (QED) is 0.362. The number of carbonyl (C=O) groups excluding carboxylic acids is 1. The minimum absolute atomic E-state index is 0.181. The monoisotopic (exact) mass is 404 g/mol. The molecule has 31 heavy (non-hydrogen) atoms. The number of anilines is 1. The van der Waals surface area contributed by atoms with Crippen molar-refractivity contribution >= 4 is 22.7 Å². The van der Waals surface area contributed by atoms with Crippen LogP contribution < -0.4 is 5.32 Å². The highest BCUT2D eigenvalue weighted by atomic mass is 16.3. The van der Waals surface area contributed by atoms with Crippen LogP contribution in [0.3, 0.4) is 0 Å². The predicted molar refractivity (Wildman–Crippen MR) is 124 cm³/mol. The maximum atomic E-state index is 12.9. The van der Waals surface area contributed by atoms with Gasteiger partial charge in [0, 0.05) is 5.56 Å². The predicted octanol–water partition coefficient (Wildman–Crippen LogP) is 6.72. The molecule has 5 rings (SSSR count). The molecule has 0 unspecified atom stereocenters. The third-order valence-corrected chi connectivity index (χ3v) is 5.20. The van der Waals surface area contributed by atoms with E-state index in [1.54, 1.807) is 0 Å². The average molecular weight is 404 g/mol. The minimum atomic E-state index is -0.181. The van der Waals surface area contributed by atoms with Crippen molar-refractivity contribution in [3.8, 4) is 22.6 Å². The van der Waals surface area contributed by atoms with Crippen LogP contribution in [0.5, 0.6) is 0 Å². The Balaban J connectivity index is 1.42. The van der Waals surface area contributed by atoms with Gasteiger partial charge < -0.3 is 9.73 Å². The zero-order valence-electron chi connectivity index (χ0n) is 17.0. The number of amides is 1. The van der Waals surface area contributed by atoms with Gasteiger partial charge in [-0.25, -0.2) is 4.98 Å². The number of oxazole rings is 1. The van der Waals surface area contributed by atoms with Crippen molar-refractivity contribution in [1.29, 1.82) is 0 Å². The maximum absolute atomic E-state index is 12.9. The standard InChI is InChI=1S/C27H20N2O2/c1-18-11-16-25-24(17-18)29-27(31-25)22-9-5-6-10-23(22)28-26(30)21-14-12-20(13-15-21)19-7-3-2-4-8-19/h2-17H,1H3,(H,28,30). The van der Waals surface area contributed by atoms with Gasteiger partial charge >= 0.3 is 0 Å². The molecule has 1 heterocycles. The van der Waals surface area contributed by atoms with E-state index in [1.807, 2.05) is 104 Å². The number of hydrogen-bond donors (Lipinski definition) is 1. The molecule has 0 spiro atoms. The molecular weight excluding hydrogens is 384 g/mol.